The number of carbonyl (C=O) groups excluding carboxylic acids is 2. The van der Waals surface area contributed by atoms with Gasteiger partial charge in [-0.25, -0.2) is 4.90 Å². The van der Waals surface area contributed by atoms with Crippen molar-refractivity contribution in [2.24, 2.45) is 0 Å². The standard InChI is InChI=1S/C26H24N2O2/c1-18-13-15-21(16-14-18)23-24(27(3)17-20-10-5-4-6-11-20)26(30)28(25(23)29)22-12-8-7-9-19(22)2/h4-16H,17H2,1-3H3. The predicted octanol–water partition coefficient (Wildman–Crippen LogP) is 4.72. The topological polar surface area (TPSA) is 40.6 Å². The van der Waals surface area contributed by atoms with Gasteiger partial charge >= 0.3 is 0 Å². The van der Waals surface area contributed by atoms with Crippen LogP contribution in [0, 0.1) is 13.8 Å². The maximum atomic E-state index is 13.6. The quantitative estimate of drug-likeness (QED) is 0.586. The molecule has 0 fully saturated rings. The first kappa shape index (κ1) is 19.6. The molecule has 4 heteroatoms. The number of rotatable bonds is 5. The number of hydrogen-bond acceptors (Lipinski definition) is 3. The number of likely N-dealkylation sites (N-methyl/N-ethyl adjacent to an activating group) is 1. The molecule has 1 aliphatic heterocycles. The number of hydrogen-bond donors (Lipinski definition) is 0. The zero-order valence-corrected chi connectivity index (χ0v) is 17.4. The Morgan fingerprint density at radius 1 is 0.767 bits per heavy atom. The molecule has 0 aliphatic carbocycles. The minimum atomic E-state index is -0.289. The van der Waals surface area contributed by atoms with Crippen LogP contribution >= 0.6 is 0 Å². The number of para-hydroxylation sites is 1. The van der Waals surface area contributed by atoms with Crippen molar-refractivity contribution < 1.29 is 9.59 Å². The number of anilines is 1. The molecule has 0 atom stereocenters. The molecule has 0 saturated heterocycles. The van der Waals surface area contributed by atoms with Gasteiger partial charge in [0.1, 0.15) is 5.70 Å². The lowest BCUT2D eigenvalue weighted by molar-refractivity contribution is -0.120. The summed E-state index contributed by atoms with van der Waals surface area (Å²) in [5, 5.41) is 0. The highest BCUT2D eigenvalue weighted by Gasteiger charge is 2.42. The van der Waals surface area contributed by atoms with E-state index < -0.39 is 0 Å². The molecule has 1 heterocycles. The number of nitrogens with zero attached hydrogens (tertiary/aromatic N) is 2. The third kappa shape index (κ3) is 3.52. The summed E-state index contributed by atoms with van der Waals surface area (Å²) >= 11 is 0. The van der Waals surface area contributed by atoms with E-state index in [1.807, 2.05) is 105 Å². The Bertz CT molecular complexity index is 1130. The molecule has 0 radical (unpaired) electrons. The minimum Gasteiger partial charge on any atom is -0.365 e. The smallest absolute Gasteiger partial charge is 0.282 e. The summed E-state index contributed by atoms with van der Waals surface area (Å²) in [5.41, 5.74) is 5.31. The van der Waals surface area contributed by atoms with Crippen molar-refractivity contribution in [3.05, 3.63) is 107 Å². The molecule has 0 N–H and O–H groups in total. The molecule has 3 aromatic carbocycles. The van der Waals surface area contributed by atoms with Crippen LogP contribution < -0.4 is 4.90 Å². The number of imide groups is 1. The molecule has 0 spiro atoms. The van der Waals surface area contributed by atoms with E-state index in [2.05, 4.69) is 0 Å². The van der Waals surface area contributed by atoms with Gasteiger partial charge in [-0.1, -0.05) is 78.4 Å². The van der Waals surface area contributed by atoms with Crippen molar-refractivity contribution >= 4 is 23.1 Å². The van der Waals surface area contributed by atoms with Gasteiger partial charge < -0.3 is 4.90 Å². The Kier molecular flexibility index (Phi) is 5.23. The summed E-state index contributed by atoms with van der Waals surface area (Å²) in [6.07, 6.45) is 0. The van der Waals surface area contributed by atoms with E-state index in [1.165, 1.54) is 4.90 Å². The molecule has 30 heavy (non-hydrogen) atoms. The lowest BCUT2D eigenvalue weighted by atomic mass is 10.0. The Hall–Kier alpha value is -3.66. The van der Waals surface area contributed by atoms with Gasteiger partial charge in [0.25, 0.3) is 11.8 Å². The van der Waals surface area contributed by atoms with Crippen LogP contribution in [0.5, 0.6) is 0 Å². The van der Waals surface area contributed by atoms with E-state index in [0.29, 0.717) is 23.5 Å². The zero-order valence-electron chi connectivity index (χ0n) is 17.4. The largest absolute Gasteiger partial charge is 0.365 e. The van der Waals surface area contributed by atoms with Crippen molar-refractivity contribution in [2.45, 2.75) is 20.4 Å². The van der Waals surface area contributed by atoms with Crippen LogP contribution in [-0.4, -0.2) is 23.8 Å². The fourth-order valence-electron chi connectivity index (χ4n) is 3.82. The maximum Gasteiger partial charge on any atom is 0.282 e. The van der Waals surface area contributed by atoms with Gasteiger partial charge in [-0.2, -0.15) is 0 Å². The van der Waals surface area contributed by atoms with Gasteiger partial charge in [0.15, 0.2) is 0 Å². The van der Waals surface area contributed by atoms with Crippen LogP contribution in [0.15, 0.2) is 84.6 Å². The van der Waals surface area contributed by atoms with Crippen molar-refractivity contribution in [1.82, 2.24) is 4.90 Å². The minimum absolute atomic E-state index is 0.284. The third-order valence-corrected chi connectivity index (χ3v) is 5.40. The summed E-state index contributed by atoms with van der Waals surface area (Å²) in [7, 11) is 1.86. The zero-order chi connectivity index (χ0) is 21.3. The normalized spacial score (nSPS) is 13.9. The second-order valence-corrected chi connectivity index (χ2v) is 7.66. The van der Waals surface area contributed by atoms with E-state index >= 15 is 0 Å². The van der Waals surface area contributed by atoms with Crippen molar-refractivity contribution in [3.8, 4) is 0 Å². The molecule has 0 aromatic heterocycles. The highest BCUT2D eigenvalue weighted by molar-refractivity contribution is 6.45. The van der Waals surface area contributed by atoms with Gasteiger partial charge in [0.2, 0.25) is 0 Å². The molecule has 4 rings (SSSR count). The summed E-state index contributed by atoms with van der Waals surface area (Å²) in [4.78, 5) is 30.3. The van der Waals surface area contributed by atoms with Crippen LogP contribution in [0.4, 0.5) is 5.69 Å². The van der Waals surface area contributed by atoms with Gasteiger partial charge in [-0.3, -0.25) is 9.59 Å². The van der Waals surface area contributed by atoms with Gasteiger partial charge in [0.05, 0.1) is 11.3 Å². The van der Waals surface area contributed by atoms with Crippen LogP contribution in [0.1, 0.15) is 22.3 Å². The highest BCUT2D eigenvalue weighted by Crippen LogP contribution is 2.36. The molecule has 4 nitrogen and oxygen atoms in total. The summed E-state index contributed by atoms with van der Waals surface area (Å²) in [6, 6.07) is 25.2. The first-order valence-electron chi connectivity index (χ1n) is 9.98. The van der Waals surface area contributed by atoms with Crippen LogP contribution in [0.25, 0.3) is 5.57 Å². The monoisotopic (exact) mass is 396 g/mol. The van der Waals surface area contributed by atoms with E-state index in [9.17, 15) is 9.59 Å². The van der Waals surface area contributed by atoms with Crippen molar-refractivity contribution in [1.29, 1.82) is 0 Å². The predicted molar refractivity (Wildman–Crippen MR) is 120 cm³/mol. The Morgan fingerprint density at radius 3 is 2.07 bits per heavy atom. The molecule has 150 valence electrons. The first-order valence-corrected chi connectivity index (χ1v) is 9.98. The Balaban J connectivity index is 1.82. The average Bonchev–Trinajstić information content (AvgIpc) is 3.00. The van der Waals surface area contributed by atoms with Crippen LogP contribution in [0.2, 0.25) is 0 Å². The Labute approximate surface area is 177 Å². The van der Waals surface area contributed by atoms with Gasteiger partial charge in [-0.05, 0) is 36.6 Å². The number of amides is 2. The highest BCUT2D eigenvalue weighted by atomic mass is 16.2. The second kappa shape index (κ2) is 7.99. The SMILES string of the molecule is Cc1ccc(C2=C(N(C)Cc3ccccc3)C(=O)N(c3ccccc3C)C2=O)cc1. The summed E-state index contributed by atoms with van der Waals surface area (Å²) in [5.74, 6) is -0.573. The Morgan fingerprint density at radius 2 is 1.40 bits per heavy atom. The fourth-order valence-corrected chi connectivity index (χ4v) is 3.82. The number of carbonyl (C=O) groups is 2. The number of aryl methyl sites for hydroxylation is 2. The van der Waals surface area contributed by atoms with E-state index in [0.717, 1.165) is 22.3 Å². The van der Waals surface area contributed by atoms with E-state index in [-0.39, 0.29) is 11.8 Å². The second-order valence-electron chi connectivity index (χ2n) is 7.66. The lowest BCUT2D eigenvalue weighted by Crippen LogP contribution is -2.34. The van der Waals surface area contributed by atoms with Gasteiger partial charge in [-0.15, -0.1) is 0 Å². The molecular weight excluding hydrogens is 372 g/mol. The fraction of sp³-hybridized carbons (Fsp3) is 0.154. The lowest BCUT2D eigenvalue weighted by Gasteiger charge is -2.22. The summed E-state index contributed by atoms with van der Waals surface area (Å²) < 4.78 is 0. The van der Waals surface area contributed by atoms with Gasteiger partial charge in [0, 0.05) is 13.6 Å². The molecular formula is C26H24N2O2. The molecule has 3 aromatic rings. The molecule has 0 bridgehead atoms. The molecule has 1 aliphatic rings. The van der Waals surface area contributed by atoms with E-state index in [4.69, 9.17) is 0 Å². The van der Waals surface area contributed by atoms with E-state index in [1.54, 1.807) is 0 Å². The number of benzene rings is 3. The average molecular weight is 396 g/mol. The van der Waals surface area contributed by atoms with Crippen LogP contribution in [0.3, 0.4) is 0 Å². The molecule has 0 saturated carbocycles. The maximum absolute atomic E-state index is 13.6. The first-order chi connectivity index (χ1) is 14.5. The molecule has 0 unspecified atom stereocenters. The van der Waals surface area contributed by atoms with Crippen molar-refractivity contribution in [2.75, 3.05) is 11.9 Å². The molecule has 2 amide bonds. The third-order valence-electron chi connectivity index (χ3n) is 5.40. The van der Waals surface area contributed by atoms with Crippen molar-refractivity contribution in [3.63, 3.8) is 0 Å². The van der Waals surface area contributed by atoms with Crippen LogP contribution in [-0.2, 0) is 16.1 Å². The summed E-state index contributed by atoms with van der Waals surface area (Å²) in [6.45, 7) is 4.45.